The van der Waals surface area contributed by atoms with E-state index in [1.54, 1.807) is 4.90 Å². The molecule has 3 rings (SSSR count). The molecular weight excluding hydrogens is 174 g/mol. The predicted molar refractivity (Wildman–Crippen MR) is 56.8 cm³/mol. The Morgan fingerprint density at radius 1 is 1.50 bits per heavy atom. The predicted octanol–water partition coefficient (Wildman–Crippen LogP) is 2.07. The Morgan fingerprint density at radius 2 is 2.14 bits per heavy atom. The molecular formula is C12H19NO. The Morgan fingerprint density at radius 3 is 2.57 bits per heavy atom. The topological polar surface area (TPSA) is 20.3 Å². The van der Waals surface area contributed by atoms with Gasteiger partial charge in [-0.05, 0) is 30.1 Å². The smallest absolute Gasteiger partial charge is 0.249 e. The molecule has 78 valence electrons. The molecule has 14 heavy (non-hydrogen) atoms. The van der Waals surface area contributed by atoms with Crippen LogP contribution >= 0.6 is 0 Å². The van der Waals surface area contributed by atoms with Crippen LogP contribution in [-0.2, 0) is 4.79 Å². The number of nitrogens with zero attached hydrogens (tertiary/aromatic N) is 1. The highest BCUT2D eigenvalue weighted by Crippen LogP contribution is 2.59. The van der Waals surface area contributed by atoms with E-state index in [9.17, 15) is 4.79 Å². The van der Waals surface area contributed by atoms with E-state index in [4.69, 9.17) is 0 Å². The van der Waals surface area contributed by atoms with E-state index >= 15 is 0 Å². The molecule has 0 heterocycles. The molecule has 0 radical (unpaired) electrons. The highest BCUT2D eigenvalue weighted by molar-refractivity contribution is 5.94. The molecule has 0 aromatic rings. The molecule has 0 saturated heterocycles. The van der Waals surface area contributed by atoms with E-state index in [0.29, 0.717) is 11.3 Å². The van der Waals surface area contributed by atoms with Gasteiger partial charge in [-0.3, -0.25) is 4.79 Å². The molecule has 0 aromatic heterocycles. The van der Waals surface area contributed by atoms with Crippen LogP contribution < -0.4 is 0 Å². The van der Waals surface area contributed by atoms with Gasteiger partial charge in [-0.15, -0.1) is 0 Å². The van der Waals surface area contributed by atoms with Crippen molar-refractivity contribution in [2.24, 2.45) is 17.3 Å². The zero-order valence-electron chi connectivity index (χ0n) is 9.50. The molecule has 2 heteroatoms. The van der Waals surface area contributed by atoms with Crippen LogP contribution in [0.4, 0.5) is 0 Å². The van der Waals surface area contributed by atoms with Crippen molar-refractivity contribution in [3.05, 3.63) is 11.6 Å². The molecule has 0 unspecified atom stereocenters. The van der Waals surface area contributed by atoms with Gasteiger partial charge < -0.3 is 4.90 Å². The van der Waals surface area contributed by atoms with Gasteiger partial charge in [0.2, 0.25) is 5.91 Å². The van der Waals surface area contributed by atoms with Gasteiger partial charge in [0, 0.05) is 19.7 Å². The van der Waals surface area contributed by atoms with Crippen molar-refractivity contribution >= 4 is 5.91 Å². The molecule has 2 bridgehead atoms. The number of amides is 1. The van der Waals surface area contributed by atoms with Gasteiger partial charge >= 0.3 is 0 Å². The first-order valence-corrected chi connectivity index (χ1v) is 5.36. The van der Waals surface area contributed by atoms with Crippen molar-refractivity contribution in [1.82, 2.24) is 4.90 Å². The van der Waals surface area contributed by atoms with Gasteiger partial charge in [0.25, 0.3) is 0 Å². The lowest BCUT2D eigenvalue weighted by Crippen LogP contribution is -2.50. The number of likely N-dealkylation sites (N-methyl/N-ethyl adjacent to an activating group) is 1. The van der Waals surface area contributed by atoms with Crippen molar-refractivity contribution in [2.45, 2.75) is 26.7 Å². The molecule has 2 atom stereocenters. The number of allylic oxidation sites excluding steroid dienone is 1. The molecule has 0 aromatic carbocycles. The maximum atomic E-state index is 11.9. The summed E-state index contributed by atoms with van der Waals surface area (Å²) < 4.78 is 0. The van der Waals surface area contributed by atoms with Crippen LogP contribution in [-0.4, -0.2) is 24.9 Å². The first-order valence-electron chi connectivity index (χ1n) is 5.36. The van der Waals surface area contributed by atoms with Crippen molar-refractivity contribution < 1.29 is 4.79 Å². The summed E-state index contributed by atoms with van der Waals surface area (Å²) in [5.74, 6) is 1.53. The molecule has 1 amide bonds. The first-order chi connectivity index (χ1) is 6.44. The summed E-state index contributed by atoms with van der Waals surface area (Å²) >= 11 is 0. The number of carbonyl (C=O) groups excluding carboxylic acids is 1. The Kier molecular flexibility index (Phi) is 1.98. The second-order valence-corrected chi connectivity index (χ2v) is 5.40. The third-order valence-electron chi connectivity index (χ3n) is 4.12. The van der Waals surface area contributed by atoms with Crippen LogP contribution in [0.25, 0.3) is 0 Å². The highest BCUT2D eigenvalue weighted by Gasteiger charge is 2.52. The molecule has 1 fully saturated rings. The highest BCUT2D eigenvalue weighted by atomic mass is 16.2. The molecule has 0 N–H and O–H groups in total. The standard InChI is InChI=1S/C12H19NO/c1-12(2)8-5-6-9(10(12)7-8)11(14)13(3)4/h6,8,10H,5,7H2,1-4H3/t8-,10-/m1/s1. The Bertz CT molecular complexity index is 301. The van der Waals surface area contributed by atoms with Crippen LogP contribution in [0.15, 0.2) is 11.6 Å². The number of carbonyl (C=O) groups is 1. The minimum absolute atomic E-state index is 0.209. The summed E-state index contributed by atoms with van der Waals surface area (Å²) in [7, 11) is 3.67. The van der Waals surface area contributed by atoms with E-state index in [1.165, 1.54) is 6.42 Å². The summed E-state index contributed by atoms with van der Waals surface area (Å²) in [5.41, 5.74) is 1.41. The monoisotopic (exact) mass is 193 g/mol. The lowest BCUT2D eigenvalue weighted by Gasteiger charge is -2.56. The Hall–Kier alpha value is -0.790. The van der Waals surface area contributed by atoms with Crippen molar-refractivity contribution in [3.63, 3.8) is 0 Å². The Balaban J connectivity index is 2.23. The average Bonchev–Trinajstić information content (AvgIpc) is 2.16. The molecule has 0 spiro atoms. The lowest BCUT2D eigenvalue weighted by atomic mass is 9.49. The molecule has 0 aliphatic heterocycles. The molecule has 3 aliphatic carbocycles. The van der Waals surface area contributed by atoms with Crippen LogP contribution in [0, 0.1) is 17.3 Å². The van der Waals surface area contributed by atoms with Crippen LogP contribution in [0.3, 0.4) is 0 Å². The number of fused-ring (bicyclic) bond motifs is 1. The van der Waals surface area contributed by atoms with E-state index in [2.05, 4.69) is 19.9 Å². The summed E-state index contributed by atoms with van der Waals surface area (Å²) in [4.78, 5) is 13.6. The fraction of sp³-hybridized carbons (Fsp3) is 0.750. The maximum absolute atomic E-state index is 11.9. The third-order valence-corrected chi connectivity index (χ3v) is 4.12. The lowest BCUT2D eigenvalue weighted by molar-refractivity contribution is -0.128. The zero-order chi connectivity index (χ0) is 10.5. The molecule has 2 nitrogen and oxygen atoms in total. The minimum Gasteiger partial charge on any atom is -0.345 e. The third kappa shape index (κ3) is 1.13. The second kappa shape index (κ2) is 2.85. The van der Waals surface area contributed by atoms with Gasteiger partial charge in [-0.2, -0.15) is 0 Å². The first kappa shape index (κ1) is 9.75. The zero-order valence-corrected chi connectivity index (χ0v) is 9.50. The average molecular weight is 193 g/mol. The summed E-state index contributed by atoms with van der Waals surface area (Å²) in [6, 6.07) is 0. The SMILES string of the molecule is CN(C)C(=O)C1=CC[C@@H]2C[C@H]1C2(C)C. The number of rotatable bonds is 1. The quantitative estimate of drug-likeness (QED) is 0.624. The van der Waals surface area contributed by atoms with Gasteiger partial charge in [0.15, 0.2) is 0 Å². The normalized spacial score (nSPS) is 33.0. The van der Waals surface area contributed by atoms with Crippen LogP contribution in [0.5, 0.6) is 0 Å². The van der Waals surface area contributed by atoms with E-state index < -0.39 is 0 Å². The van der Waals surface area contributed by atoms with Crippen molar-refractivity contribution in [1.29, 1.82) is 0 Å². The second-order valence-electron chi connectivity index (χ2n) is 5.40. The maximum Gasteiger partial charge on any atom is 0.249 e. The van der Waals surface area contributed by atoms with Crippen LogP contribution in [0.2, 0.25) is 0 Å². The number of hydrogen-bond donors (Lipinski definition) is 0. The largest absolute Gasteiger partial charge is 0.345 e. The van der Waals surface area contributed by atoms with Crippen molar-refractivity contribution in [3.8, 4) is 0 Å². The fourth-order valence-corrected chi connectivity index (χ4v) is 2.85. The van der Waals surface area contributed by atoms with Gasteiger partial charge in [-0.1, -0.05) is 19.9 Å². The summed E-state index contributed by atoms with van der Waals surface area (Å²) in [6.07, 6.45) is 4.48. The fourth-order valence-electron chi connectivity index (χ4n) is 2.85. The van der Waals surface area contributed by atoms with Gasteiger partial charge in [0.05, 0.1) is 0 Å². The summed E-state index contributed by atoms with van der Waals surface area (Å²) in [5, 5.41) is 0. The molecule has 3 aliphatic rings. The van der Waals surface area contributed by atoms with Crippen molar-refractivity contribution in [2.75, 3.05) is 14.1 Å². The van der Waals surface area contributed by atoms with Crippen LogP contribution in [0.1, 0.15) is 26.7 Å². The van der Waals surface area contributed by atoms with E-state index in [0.717, 1.165) is 17.9 Å². The minimum atomic E-state index is 0.209. The summed E-state index contributed by atoms with van der Waals surface area (Å²) in [6.45, 7) is 4.59. The van der Waals surface area contributed by atoms with Gasteiger partial charge in [-0.25, -0.2) is 0 Å². The van der Waals surface area contributed by atoms with Gasteiger partial charge in [0.1, 0.15) is 0 Å². The molecule has 1 saturated carbocycles. The Labute approximate surface area is 86.0 Å². The van der Waals surface area contributed by atoms with E-state index in [-0.39, 0.29) is 5.91 Å². The number of hydrogen-bond acceptors (Lipinski definition) is 1. The van der Waals surface area contributed by atoms with E-state index in [1.807, 2.05) is 14.1 Å².